The number of halogens is 3. The van der Waals surface area contributed by atoms with Crippen LogP contribution in [-0.2, 0) is 16.1 Å². The summed E-state index contributed by atoms with van der Waals surface area (Å²) in [7, 11) is 1.59. The van der Waals surface area contributed by atoms with Crippen molar-refractivity contribution in [3.8, 4) is 17.6 Å². The van der Waals surface area contributed by atoms with Crippen molar-refractivity contribution in [3.05, 3.63) is 70.7 Å². The number of nitrogens with zero attached hydrogens (tertiary/aromatic N) is 3. The molecule has 0 saturated carbocycles. The normalized spacial score (nSPS) is 17.9. The van der Waals surface area contributed by atoms with Gasteiger partial charge in [-0.15, -0.1) is 0 Å². The SMILES string of the molecule is COc1ccc2ncc(CN3CCOCC3)c(C(O)CCC3(CC(=O)O)CCN(CC#Cc4cc(F)cc(F)c4F)CC3)c2c1. The van der Waals surface area contributed by atoms with E-state index >= 15 is 0 Å². The molecule has 1 unspecified atom stereocenters. The number of piperidine rings is 1. The van der Waals surface area contributed by atoms with Gasteiger partial charge in [-0.25, -0.2) is 13.2 Å². The first-order valence-electron chi connectivity index (χ1n) is 15.2. The van der Waals surface area contributed by atoms with Gasteiger partial charge in [0.05, 0.1) is 50.5 Å². The average Bonchev–Trinajstić information content (AvgIpc) is 3.03. The molecule has 2 aliphatic heterocycles. The first-order valence-corrected chi connectivity index (χ1v) is 15.2. The molecule has 2 aliphatic rings. The first kappa shape index (κ1) is 32.7. The van der Waals surface area contributed by atoms with Gasteiger partial charge in [-0.2, -0.15) is 0 Å². The van der Waals surface area contributed by atoms with E-state index in [4.69, 9.17) is 9.47 Å². The number of fused-ring (bicyclic) bond motifs is 1. The van der Waals surface area contributed by atoms with Crippen molar-refractivity contribution in [3.63, 3.8) is 0 Å². The molecular weight excluding hydrogens is 587 g/mol. The van der Waals surface area contributed by atoms with Crippen LogP contribution in [0.15, 0.2) is 36.5 Å². The second-order valence-corrected chi connectivity index (χ2v) is 11.9. The van der Waals surface area contributed by atoms with E-state index in [1.54, 1.807) is 7.11 Å². The number of likely N-dealkylation sites (tertiary alicyclic amines) is 1. The maximum atomic E-state index is 14.0. The Kier molecular flexibility index (Phi) is 10.6. The molecule has 45 heavy (non-hydrogen) atoms. The molecule has 0 spiro atoms. The summed E-state index contributed by atoms with van der Waals surface area (Å²) in [5, 5.41) is 22.4. The lowest BCUT2D eigenvalue weighted by atomic mass is 9.71. The molecule has 1 aromatic heterocycles. The molecule has 0 aliphatic carbocycles. The van der Waals surface area contributed by atoms with Gasteiger partial charge in [0.15, 0.2) is 11.6 Å². The number of hydrogen-bond acceptors (Lipinski definition) is 7. The fourth-order valence-electron chi connectivity index (χ4n) is 6.38. The summed E-state index contributed by atoms with van der Waals surface area (Å²) >= 11 is 0. The molecule has 0 amide bonds. The Morgan fingerprint density at radius 2 is 1.87 bits per heavy atom. The van der Waals surface area contributed by atoms with Gasteiger partial charge in [0.25, 0.3) is 0 Å². The van der Waals surface area contributed by atoms with E-state index < -0.39 is 34.9 Å². The molecule has 0 radical (unpaired) electrons. The molecule has 8 nitrogen and oxygen atoms in total. The van der Waals surface area contributed by atoms with Gasteiger partial charge in [0, 0.05) is 37.3 Å². The number of morpholine rings is 1. The van der Waals surface area contributed by atoms with Crippen LogP contribution in [0.2, 0.25) is 0 Å². The summed E-state index contributed by atoms with van der Waals surface area (Å²) < 4.78 is 51.9. The van der Waals surface area contributed by atoms with Crippen molar-refractivity contribution in [2.24, 2.45) is 5.41 Å². The Hall–Kier alpha value is -3.69. The van der Waals surface area contributed by atoms with Crippen LogP contribution in [-0.4, -0.2) is 84.0 Å². The minimum absolute atomic E-state index is 0.0292. The van der Waals surface area contributed by atoms with Crippen LogP contribution < -0.4 is 4.74 Å². The largest absolute Gasteiger partial charge is 0.497 e. The van der Waals surface area contributed by atoms with Gasteiger partial charge >= 0.3 is 5.97 Å². The number of pyridine rings is 1. The molecule has 2 saturated heterocycles. The van der Waals surface area contributed by atoms with Crippen LogP contribution in [0, 0.1) is 34.7 Å². The number of carboxylic acid groups (broad SMARTS) is 1. The molecule has 2 N–H and O–H groups in total. The molecule has 11 heteroatoms. The molecule has 2 aromatic carbocycles. The predicted molar refractivity (Wildman–Crippen MR) is 162 cm³/mol. The van der Waals surface area contributed by atoms with E-state index in [9.17, 15) is 28.2 Å². The fourth-order valence-corrected chi connectivity index (χ4v) is 6.38. The van der Waals surface area contributed by atoms with Gasteiger partial charge in [-0.05, 0) is 79.6 Å². The van der Waals surface area contributed by atoms with Gasteiger partial charge in [-0.1, -0.05) is 11.8 Å². The molecule has 2 fully saturated rings. The third-order valence-electron chi connectivity index (χ3n) is 8.94. The highest BCUT2D eigenvalue weighted by atomic mass is 19.2. The Balaban J connectivity index is 1.30. The number of rotatable bonds is 10. The molecule has 3 heterocycles. The van der Waals surface area contributed by atoms with E-state index in [-0.39, 0.29) is 18.5 Å². The number of aliphatic hydroxyl groups is 1. The molecule has 5 rings (SSSR count). The molecule has 1 atom stereocenters. The number of aliphatic carboxylic acids is 1. The molecular formula is C34H38F3N3O5. The Morgan fingerprint density at radius 3 is 2.58 bits per heavy atom. The van der Waals surface area contributed by atoms with E-state index in [0.29, 0.717) is 70.3 Å². The maximum absolute atomic E-state index is 14.0. The number of aliphatic hydroxyl groups excluding tert-OH is 1. The lowest BCUT2D eigenvalue weighted by Gasteiger charge is -2.41. The van der Waals surface area contributed by atoms with Gasteiger partial charge in [0.1, 0.15) is 11.6 Å². The lowest BCUT2D eigenvalue weighted by molar-refractivity contribution is -0.141. The predicted octanol–water partition coefficient (Wildman–Crippen LogP) is 4.92. The number of ether oxygens (including phenoxy) is 2. The summed E-state index contributed by atoms with van der Waals surface area (Å²) in [4.78, 5) is 20.9. The zero-order valence-corrected chi connectivity index (χ0v) is 25.3. The van der Waals surface area contributed by atoms with Crippen molar-refractivity contribution < 1.29 is 37.7 Å². The molecule has 3 aromatic rings. The number of benzene rings is 2. The maximum Gasteiger partial charge on any atom is 0.303 e. The Morgan fingerprint density at radius 1 is 1.11 bits per heavy atom. The zero-order valence-electron chi connectivity index (χ0n) is 25.3. The van der Waals surface area contributed by atoms with Crippen molar-refractivity contribution in [2.45, 2.75) is 44.8 Å². The third kappa shape index (κ3) is 8.13. The highest BCUT2D eigenvalue weighted by molar-refractivity contribution is 5.85. The van der Waals surface area contributed by atoms with Crippen molar-refractivity contribution in [1.82, 2.24) is 14.8 Å². The minimum atomic E-state index is -1.29. The minimum Gasteiger partial charge on any atom is -0.497 e. The smallest absolute Gasteiger partial charge is 0.303 e. The summed E-state index contributed by atoms with van der Waals surface area (Å²) in [6, 6.07) is 6.93. The van der Waals surface area contributed by atoms with Gasteiger partial charge in [-0.3, -0.25) is 19.6 Å². The number of carbonyl (C=O) groups is 1. The van der Waals surface area contributed by atoms with E-state index in [1.165, 1.54) is 0 Å². The van der Waals surface area contributed by atoms with E-state index in [2.05, 4.69) is 21.7 Å². The topological polar surface area (TPSA) is 95.4 Å². The van der Waals surface area contributed by atoms with Crippen molar-refractivity contribution in [1.29, 1.82) is 0 Å². The molecule has 0 bridgehead atoms. The second-order valence-electron chi connectivity index (χ2n) is 11.9. The van der Waals surface area contributed by atoms with Crippen LogP contribution in [0.25, 0.3) is 10.9 Å². The fraction of sp³-hybridized carbons (Fsp3) is 0.471. The number of carboxylic acids is 1. The van der Waals surface area contributed by atoms with Crippen LogP contribution in [0.1, 0.15) is 54.9 Å². The standard InChI is InChI=1S/C34H38F3N3O5/c1-44-26-4-5-29-27(19-26)32(24(21-38-29)22-40-13-15-45-16-14-40)30(41)6-7-34(20-31(42)43)8-11-39(12-9-34)10-2-3-23-17-25(35)18-28(36)33(23)37/h4-5,17-19,21,30,41H,6-16,20,22H2,1H3,(H,42,43). The molecule has 240 valence electrons. The van der Waals surface area contributed by atoms with Crippen LogP contribution in [0.4, 0.5) is 13.2 Å². The van der Waals surface area contributed by atoms with Crippen molar-refractivity contribution in [2.75, 3.05) is 53.0 Å². The number of methoxy groups -OCH3 is 1. The Bertz CT molecular complexity index is 1580. The summed E-state index contributed by atoms with van der Waals surface area (Å²) in [5.74, 6) is 1.69. The summed E-state index contributed by atoms with van der Waals surface area (Å²) in [5.41, 5.74) is 1.57. The van der Waals surface area contributed by atoms with E-state index in [1.807, 2.05) is 29.3 Å². The highest BCUT2D eigenvalue weighted by Crippen LogP contribution is 2.42. The van der Waals surface area contributed by atoms with Gasteiger partial charge < -0.3 is 19.7 Å². The van der Waals surface area contributed by atoms with E-state index in [0.717, 1.165) is 41.2 Å². The van der Waals surface area contributed by atoms with Crippen LogP contribution in [0.5, 0.6) is 5.75 Å². The quantitative estimate of drug-likeness (QED) is 0.243. The number of aromatic nitrogens is 1. The second kappa shape index (κ2) is 14.6. The van der Waals surface area contributed by atoms with Crippen LogP contribution in [0.3, 0.4) is 0 Å². The number of hydrogen-bond donors (Lipinski definition) is 2. The summed E-state index contributed by atoms with van der Waals surface area (Å²) in [6.45, 7) is 4.81. The average molecular weight is 626 g/mol. The zero-order chi connectivity index (χ0) is 32.0. The van der Waals surface area contributed by atoms with Crippen molar-refractivity contribution >= 4 is 16.9 Å². The van der Waals surface area contributed by atoms with Crippen LogP contribution >= 0.6 is 0 Å². The highest BCUT2D eigenvalue weighted by Gasteiger charge is 2.37. The van der Waals surface area contributed by atoms with Gasteiger partial charge in [0.2, 0.25) is 0 Å². The Labute approximate surface area is 260 Å². The summed E-state index contributed by atoms with van der Waals surface area (Å²) in [6.07, 6.45) is 2.94. The lowest BCUT2D eigenvalue weighted by Crippen LogP contribution is -2.41. The third-order valence-corrected chi connectivity index (χ3v) is 8.94. The first-order chi connectivity index (χ1) is 21.7. The monoisotopic (exact) mass is 625 g/mol.